The molecule has 0 saturated heterocycles. The number of hydrogen-bond acceptors (Lipinski definition) is 5. The van der Waals surface area contributed by atoms with E-state index in [4.69, 9.17) is 10.5 Å². The molecule has 0 bridgehead atoms. The maximum Gasteiger partial charge on any atom is 0.407 e. The molecule has 1 aliphatic rings. The lowest BCUT2D eigenvalue weighted by molar-refractivity contribution is 0.0492. The van der Waals surface area contributed by atoms with E-state index < -0.39 is 5.60 Å². The van der Waals surface area contributed by atoms with Gasteiger partial charge in [-0.3, -0.25) is 0 Å². The maximum absolute atomic E-state index is 11.8. The van der Waals surface area contributed by atoms with Gasteiger partial charge in [-0.2, -0.15) is 0 Å². The van der Waals surface area contributed by atoms with Crippen LogP contribution in [0.15, 0.2) is 18.3 Å². The van der Waals surface area contributed by atoms with Crippen molar-refractivity contribution in [3.63, 3.8) is 0 Å². The Kier molecular flexibility index (Phi) is 5.11. The summed E-state index contributed by atoms with van der Waals surface area (Å²) in [4.78, 5) is 16.0. The van der Waals surface area contributed by atoms with Crippen LogP contribution < -0.4 is 16.4 Å². The van der Waals surface area contributed by atoms with Crippen LogP contribution in [0.3, 0.4) is 0 Å². The van der Waals surface area contributed by atoms with E-state index in [0.717, 1.165) is 31.5 Å². The lowest BCUT2D eigenvalue weighted by atomic mass is 9.91. The van der Waals surface area contributed by atoms with Crippen LogP contribution in [0.1, 0.15) is 46.5 Å². The Hall–Kier alpha value is -1.98. The normalized spacial score (nSPS) is 22.0. The van der Waals surface area contributed by atoms with Crippen LogP contribution in [-0.2, 0) is 4.74 Å². The minimum Gasteiger partial charge on any atom is -0.444 e. The van der Waals surface area contributed by atoms with Crippen LogP contribution in [-0.4, -0.2) is 28.8 Å². The summed E-state index contributed by atoms with van der Waals surface area (Å²) in [6.07, 6.45) is 5.17. The number of hydrogen-bond donors (Lipinski definition) is 3. The molecule has 122 valence electrons. The first-order chi connectivity index (χ1) is 10.3. The van der Waals surface area contributed by atoms with E-state index in [1.165, 1.54) is 0 Å². The predicted molar refractivity (Wildman–Crippen MR) is 87.7 cm³/mol. The lowest BCUT2D eigenvalue weighted by Gasteiger charge is -2.31. The highest BCUT2D eigenvalue weighted by Gasteiger charge is 2.25. The number of aromatic nitrogens is 1. The van der Waals surface area contributed by atoms with Crippen molar-refractivity contribution in [2.45, 2.75) is 64.1 Å². The van der Waals surface area contributed by atoms with Gasteiger partial charge >= 0.3 is 6.09 Å². The summed E-state index contributed by atoms with van der Waals surface area (Å²) in [7, 11) is 0. The van der Waals surface area contributed by atoms with Crippen LogP contribution >= 0.6 is 0 Å². The molecule has 1 saturated carbocycles. The summed E-state index contributed by atoms with van der Waals surface area (Å²) in [6, 6.07) is 4.18. The molecule has 1 aromatic heterocycles. The van der Waals surface area contributed by atoms with E-state index in [2.05, 4.69) is 15.6 Å². The van der Waals surface area contributed by atoms with E-state index in [-0.39, 0.29) is 12.1 Å². The highest BCUT2D eigenvalue weighted by atomic mass is 16.6. The molecule has 6 nitrogen and oxygen atoms in total. The third-order valence-corrected chi connectivity index (χ3v) is 3.63. The minimum absolute atomic E-state index is 0.175. The molecule has 22 heavy (non-hydrogen) atoms. The van der Waals surface area contributed by atoms with E-state index >= 15 is 0 Å². The van der Waals surface area contributed by atoms with Gasteiger partial charge in [-0.05, 0) is 58.6 Å². The molecular formula is C16H26N4O2. The van der Waals surface area contributed by atoms with Crippen LogP contribution in [0.25, 0.3) is 0 Å². The molecule has 0 atom stereocenters. The van der Waals surface area contributed by atoms with Crippen molar-refractivity contribution in [3.8, 4) is 0 Å². The summed E-state index contributed by atoms with van der Waals surface area (Å²) in [5.74, 6) is 0.742. The number of nitrogens with zero attached hydrogens (tertiary/aromatic N) is 1. The van der Waals surface area contributed by atoms with Gasteiger partial charge in [0.2, 0.25) is 0 Å². The standard InChI is InChI=1S/C16H26N4O2/c1-16(2,3)22-15(21)20-12-8-6-11(7-9-12)19-14-13(17)5-4-10-18-14/h4-5,10-12H,6-9,17H2,1-3H3,(H,18,19)(H,20,21). The van der Waals surface area contributed by atoms with E-state index in [9.17, 15) is 4.79 Å². The number of ether oxygens (including phenoxy) is 1. The van der Waals surface area contributed by atoms with Gasteiger partial charge in [0, 0.05) is 18.3 Å². The molecule has 0 unspecified atom stereocenters. The molecule has 0 aromatic carbocycles. The number of pyridine rings is 1. The molecule has 1 heterocycles. The van der Waals surface area contributed by atoms with Crippen molar-refractivity contribution in [2.75, 3.05) is 11.1 Å². The molecule has 1 amide bonds. The Labute approximate surface area is 131 Å². The van der Waals surface area contributed by atoms with Gasteiger partial charge in [0.05, 0.1) is 5.69 Å². The van der Waals surface area contributed by atoms with Crippen molar-refractivity contribution in [3.05, 3.63) is 18.3 Å². The van der Waals surface area contributed by atoms with E-state index in [1.54, 1.807) is 6.20 Å². The Morgan fingerprint density at radius 3 is 2.50 bits per heavy atom. The average molecular weight is 306 g/mol. The second kappa shape index (κ2) is 6.85. The number of carbonyl (C=O) groups is 1. The summed E-state index contributed by atoms with van der Waals surface area (Å²) in [5, 5.41) is 6.32. The van der Waals surface area contributed by atoms with Gasteiger partial charge in [-0.15, -0.1) is 0 Å². The van der Waals surface area contributed by atoms with Crippen LogP contribution in [0.5, 0.6) is 0 Å². The molecular weight excluding hydrogens is 280 g/mol. The quantitative estimate of drug-likeness (QED) is 0.799. The number of nitrogens with two attached hydrogens (primary N) is 1. The fourth-order valence-electron chi connectivity index (χ4n) is 2.59. The van der Waals surface area contributed by atoms with Crippen molar-refractivity contribution in [1.29, 1.82) is 0 Å². The Morgan fingerprint density at radius 1 is 1.27 bits per heavy atom. The fraction of sp³-hybridized carbons (Fsp3) is 0.625. The van der Waals surface area contributed by atoms with Gasteiger partial charge in [0.25, 0.3) is 0 Å². The third kappa shape index (κ3) is 5.09. The van der Waals surface area contributed by atoms with E-state index in [0.29, 0.717) is 11.7 Å². The number of alkyl carbamates (subject to hydrolysis) is 1. The SMILES string of the molecule is CC(C)(C)OC(=O)NC1CCC(Nc2ncccc2N)CC1. The molecule has 0 spiro atoms. The van der Waals surface area contributed by atoms with Gasteiger partial charge in [-0.25, -0.2) is 9.78 Å². The zero-order chi connectivity index (χ0) is 16.2. The Morgan fingerprint density at radius 2 is 1.91 bits per heavy atom. The number of nitrogens with one attached hydrogen (secondary N) is 2. The van der Waals surface area contributed by atoms with Crippen molar-refractivity contribution >= 4 is 17.6 Å². The number of nitrogen functional groups attached to an aromatic ring is 1. The number of carbonyl (C=O) groups excluding carboxylic acids is 1. The van der Waals surface area contributed by atoms with Crippen LogP contribution in [0, 0.1) is 0 Å². The zero-order valence-corrected chi connectivity index (χ0v) is 13.6. The molecule has 1 aromatic rings. The number of amides is 1. The first kappa shape index (κ1) is 16.4. The van der Waals surface area contributed by atoms with Crippen molar-refractivity contribution in [1.82, 2.24) is 10.3 Å². The number of anilines is 2. The smallest absolute Gasteiger partial charge is 0.407 e. The lowest BCUT2D eigenvalue weighted by Crippen LogP contribution is -2.42. The fourth-order valence-corrected chi connectivity index (χ4v) is 2.59. The van der Waals surface area contributed by atoms with Gasteiger partial charge in [0.15, 0.2) is 0 Å². The molecule has 1 fully saturated rings. The molecule has 0 aliphatic heterocycles. The van der Waals surface area contributed by atoms with Gasteiger partial charge in [0.1, 0.15) is 11.4 Å². The minimum atomic E-state index is -0.459. The topological polar surface area (TPSA) is 89.3 Å². The molecule has 6 heteroatoms. The largest absolute Gasteiger partial charge is 0.444 e. The van der Waals surface area contributed by atoms with Crippen molar-refractivity contribution < 1.29 is 9.53 Å². The second-order valence-corrected chi connectivity index (χ2v) is 6.78. The van der Waals surface area contributed by atoms with Gasteiger partial charge < -0.3 is 21.1 Å². The molecule has 0 radical (unpaired) electrons. The van der Waals surface area contributed by atoms with Crippen LogP contribution in [0.4, 0.5) is 16.3 Å². The highest BCUT2D eigenvalue weighted by Crippen LogP contribution is 2.24. The second-order valence-electron chi connectivity index (χ2n) is 6.78. The molecule has 1 aliphatic carbocycles. The third-order valence-electron chi connectivity index (χ3n) is 3.63. The monoisotopic (exact) mass is 306 g/mol. The zero-order valence-electron chi connectivity index (χ0n) is 13.6. The van der Waals surface area contributed by atoms with Crippen molar-refractivity contribution in [2.24, 2.45) is 0 Å². The average Bonchev–Trinajstić information content (AvgIpc) is 2.41. The summed E-state index contributed by atoms with van der Waals surface area (Å²) in [5.41, 5.74) is 6.10. The molecule has 4 N–H and O–H groups in total. The summed E-state index contributed by atoms with van der Waals surface area (Å²) in [6.45, 7) is 5.60. The molecule has 2 rings (SSSR count). The predicted octanol–water partition coefficient (Wildman–Crippen LogP) is 2.91. The highest BCUT2D eigenvalue weighted by molar-refractivity contribution is 5.68. The summed E-state index contributed by atoms with van der Waals surface area (Å²) < 4.78 is 5.29. The number of rotatable bonds is 3. The maximum atomic E-state index is 11.8. The summed E-state index contributed by atoms with van der Waals surface area (Å²) >= 11 is 0. The van der Waals surface area contributed by atoms with E-state index in [1.807, 2.05) is 32.9 Å². The Balaban J connectivity index is 1.76. The van der Waals surface area contributed by atoms with Gasteiger partial charge in [-0.1, -0.05) is 0 Å². The Bertz CT molecular complexity index is 505. The first-order valence-electron chi connectivity index (χ1n) is 7.80. The first-order valence-corrected chi connectivity index (χ1v) is 7.80. The van der Waals surface area contributed by atoms with Crippen LogP contribution in [0.2, 0.25) is 0 Å².